The number of carbonyl (C=O) groups excluding carboxylic acids is 2. The molecule has 0 fully saturated rings. The van der Waals surface area contributed by atoms with E-state index in [0.717, 1.165) is 22.4 Å². The summed E-state index contributed by atoms with van der Waals surface area (Å²) in [6.45, 7) is 5.29. The van der Waals surface area contributed by atoms with E-state index in [0.29, 0.717) is 0 Å². The molecule has 16 heavy (non-hydrogen) atoms. The molecule has 2 N–H and O–H groups in total. The number of carbonyl (C=O) groups is 2. The molecule has 0 bridgehead atoms. The Morgan fingerprint density at radius 1 is 1.31 bits per heavy atom. The number of anilines is 1. The summed E-state index contributed by atoms with van der Waals surface area (Å²) in [5.41, 5.74) is 3.75. The van der Waals surface area contributed by atoms with E-state index in [1.165, 1.54) is 6.92 Å². The average Bonchev–Trinajstić information content (AvgIpc) is 2.51. The Bertz CT molecular complexity index is 480. The summed E-state index contributed by atoms with van der Waals surface area (Å²) >= 11 is 0. The van der Waals surface area contributed by atoms with Gasteiger partial charge in [0.1, 0.15) is 6.04 Å². The lowest BCUT2D eigenvalue weighted by Crippen LogP contribution is -2.31. The monoisotopic (exact) mass is 218 g/mol. The van der Waals surface area contributed by atoms with E-state index in [-0.39, 0.29) is 11.8 Å². The normalized spacial score (nSPS) is 17.9. The number of benzene rings is 1. The summed E-state index contributed by atoms with van der Waals surface area (Å²) in [5, 5.41) is 5.47. The fourth-order valence-electron chi connectivity index (χ4n) is 2.04. The van der Waals surface area contributed by atoms with Crippen molar-refractivity contribution in [3.63, 3.8) is 0 Å². The van der Waals surface area contributed by atoms with Gasteiger partial charge < -0.3 is 10.6 Å². The highest BCUT2D eigenvalue weighted by Gasteiger charge is 2.33. The Hall–Kier alpha value is -1.84. The molecule has 0 aromatic heterocycles. The van der Waals surface area contributed by atoms with Crippen molar-refractivity contribution in [3.8, 4) is 0 Å². The second-order valence-corrected chi connectivity index (χ2v) is 4.11. The fraction of sp³-hybridized carbons (Fsp3) is 0.333. The van der Waals surface area contributed by atoms with Gasteiger partial charge in [0.15, 0.2) is 0 Å². The van der Waals surface area contributed by atoms with Gasteiger partial charge in [-0.3, -0.25) is 9.59 Å². The van der Waals surface area contributed by atoms with Crippen LogP contribution in [0, 0.1) is 13.8 Å². The van der Waals surface area contributed by atoms with Crippen molar-refractivity contribution in [1.82, 2.24) is 5.32 Å². The summed E-state index contributed by atoms with van der Waals surface area (Å²) in [6.07, 6.45) is 0. The number of hydrogen-bond donors (Lipinski definition) is 2. The number of fused-ring (bicyclic) bond motifs is 1. The molecule has 84 valence electrons. The molecule has 1 aromatic rings. The van der Waals surface area contributed by atoms with E-state index in [4.69, 9.17) is 0 Å². The van der Waals surface area contributed by atoms with E-state index in [9.17, 15) is 9.59 Å². The van der Waals surface area contributed by atoms with Crippen molar-refractivity contribution < 1.29 is 9.59 Å². The van der Waals surface area contributed by atoms with Gasteiger partial charge in [0.2, 0.25) is 5.91 Å². The van der Waals surface area contributed by atoms with Gasteiger partial charge in [-0.15, -0.1) is 0 Å². The lowest BCUT2D eigenvalue weighted by Gasteiger charge is -2.12. The Kier molecular flexibility index (Phi) is 2.42. The van der Waals surface area contributed by atoms with Crippen LogP contribution in [0.1, 0.15) is 29.7 Å². The Morgan fingerprint density at radius 2 is 1.94 bits per heavy atom. The Labute approximate surface area is 94.0 Å². The molecule has 0 spiro atoms. The third-order valence-electron chi connectivity index (χ3n) is 2.82. The highest BCUT2D eigenvalue weighted by atomic mass is 16.2. The fourth-order valence-corrected chi connectivity index (χ4v) is 2.04. The highest BCUT2D eigenvalue weighted by molar-refractivity contribution is 6.05. The molecule has 0 radical (unpaired) electrons. The first-order chi connectivity index (χ1) is 7.50. The molecule has 4 heteroatoms. The minimum atomic E-state index is -0.549. The molecule has 1 aliphatic heterocycles. The molecule has 4 nitrogen and oxygen atoms in total. The Balaban J connectivity index is 2.51. The predicted molar refractivity (Wildman–Crippen MR) is 61.1 cm³/mol. The van der Waals surface area contributed by atoms with Gasteiger partial charge in [0, 0.05) is 18.2 Å². The zero-order valence-corrected chi connectivity index (χ0v) is 9.55. The number of amides is 2. The van der Waals surface area contributed by atoms with Crippen LogP contribution in [0.25, 0.3) is 0 Å². The topological polar surface area (TPSA) is 58.2 Å². The molecule has 0 unspecified atom stereocenters. The lowest BCUT2D eigenvalue weighted by molar-refractivity contribution is -0.124. The minimum absolute atomic E-state index is 0.164. The quantitative estimate of drug-likeness (QED) is 0.749. The summed E-state index contributed by atoms with van der Waals surface area (Å²) in [7, 11) is 0. The van der Waals surface area contributed by atoms with Crippen LogP contribution < -0.4 is 10.6 Å². The summed E-state index contributed by atoms with van der Waals surface area (Å²) in [4.78, 5) is 22.8. The van der Waals surface area contributed by atoms with Crippen molar-refractivity contribution in [2.75, 3.05) is 5.32 Å². The van der Waals surface area contributed by atoms with Gasteiger partial charge >= 0.3 is 0 Å². The molecule has 1 heterocycles. The third-order valence-corrected chi connectivity index (χ3v) is 2.82. The maximum absolute atomic E-state index is 11.7. The number of aryl methyl sites for hydroxylation is 2. The zero-order valence-electron chi connectivity index (χ0n) is 9.55. The van der Waals surface area contributed by atoms with E-state index < -0.39 is 6.04 Å². The van der Waals surface area contributed by atoms with Crippen LogP contribution in [0.4, 0.5) is 5.69 Å². The molecule has 1 atom stereocenters. The van der Waals surface area contributed by atoms with Gasteiger partial charge in [-0.2, -0.15) is 0 Å². The van der Waals surface area contributed by atoms with E-state index >= 15 is 0 Å². The summed E-state index contributed by atoms with van der Waals surface area (Å²) in [6, 6.07) is 3.38. The lowest BCUT2D eigenvalue weighted by atomic mass is 9.99. The van der Waals surface area contributed by atoms with Crippen molar-refractivity contribution in [2.45, 2.75) is 26.8 Å². The van der Waals surface area contributed by atoms with Crippen molar-refractivity contribution >= 4 is 17.5 Å². The third kappa shape index (κ3) is 1.56. The second kappa shape index (κ2) is 3.63. The van der Waals surface area contributed by atoms with Gasteiger partial charge in [-0.25, -0.2) is 0 Å². The van der Waals surface area contributed by atoms with Crippen LogP contribution in [-0.4, -0.2) is 11.8 Å². The molecule has 0 saturated carbocycles. The molecule has 1 aromatic carbocycles. The van der Waals surface area contributed by atoms with Crippen LogP contribution in [0.15, 0.2) is 12.1 Å². The summed E-state index contributed by atoms with van der Waals surface area (Å²) in [5.74, 6) is -0.364. The van der Waals surface area contributed by atoms with Crippen LogP contribution in [0.3, 0.4) is 0 Å². The van der Waals surface area contributed by atoms with E-state index in [2.05, 4.69) is 10.6 Å². The predicted octanol–water partition coefficient (Wildman–Crippen LogP) is 1.43. The van der Waals surface area contributed by atoms with Crippen LogP contribution in [-0.2, 0) is 9.59 Å². The first-order valence-corrected chi connectivity index (χ1v) is 5.18. The minimum Gasteiger partial charge on any atom is -0.341 e. The number of hydrogen-bond acceptors (Lipinski definition) is 2. The van der Waals surface area contributed by atoms with Crippen LogP contribution in [0.5, 0.6) is 0 Å². The molecule has 0 saturated heterocycles. The molecular formula is C12H14N2O2. The maximum atomic E-state index is 11.7. The van der Waals surface area contributed by atoms with Gasteiger partial charge in [0.25, 0.3) is 5.91 Å². The van der Waals surface area contributed by atoms with Gasteiger partial charge in [-0.1, -0.05) is 12.1 Å². The molecule has 2 amide bonds. The number of rotatable bonds is 1. The smallest absolute Gasteiger partial charge is 0.251 e. The van der Waals surface area contributed by atoms with Crippen molar-refractivity contribution in [2.24, 2.45) is 0 Å². The standard InChI is InChI=1S/C12H14N2O2/c1-6-4-5-7(2)10-9(6)11(12(16)14-10)13-8(3)15/h4-5,11H,1-3H3,(H,13,15)(H,14,16)/t11-/m0/s1. The maximum Gasteiger partial charge on any atom is 0.251 e. The SMILES string of the molecule is CC(=O)N[C@@H]1C(=O)Nc2c(C)ccc(C)c21. The van der Waals surface area contributed by atoms with Crippen molar-refractivity contribution in [1.29, 1.82) is 0 Å². The molecule has 2 rings (SSSR count). The van der Waals surface area contributed by atoms with Gasteiger partial charge in [-0.05, 0) is 25.0 Å². The molecular weight excluding hydrogens is 204 g/mol. The van der Waals surface area contributed by atoms with Crippen LogP contribution >= 0.6 is 0 Å². The first kappa shape index (κ1) is 10.7. The van der Waals surface area contributed by atoms with Gasteiger partial charge in [0.05, 0.1) is 0 Å². The Morgan fingerprint density at radius 3 is 2.56 bits per heavy atom. The number of nitrogens with one attached hydrogen (secondary N) is 2. The average molecular weight is 218 g/mol. The van der Waals surface area contributed by atoms with Crippen molar-refractivity contribution in [3.05, 3.63) is 28.8 Å². The zero-order chi connectivity index (χ0) is 11.9. The van der Waals surface area contributed by atoms with Crippen LogP contribution in [0.2, 0.25) is 0 Å². The molecule has 1 aliphatic rings. The van der Waals surface area contributed by atoms with E-state index in [1.54, 1.807) is 0 Å². The highest BCUT2D eigenvalue weighted by Crippen LogP contribution is 2.35. The molecule has 0 aliphatic carbocycles. The second-order valence-electron chi connectivity index (χ2n) is 4.11. The first-order valence-electron chi connectivity index (χ1n) is 5.18. The summed E-state index contributed by atoms with van der Waals surface area (Å²) < 4.78 is 0. The largest absolute Gasteiger partial charge is 0.341 e. The van der Waals surface area contributed by atoms with E-state index in [1.807, 2.05) is 26.0 Å².